The molecule has 0 unspecified atom stereocenters. The van der Waals surface area contributed by atoms with E-state index in [2.05, 4.69) is 10.6 Å². The average molecular weight is 531 g/mol. The minimum Gasteiger partial charge on any atom is -0.467 e. The zero-order valence-electron chi connectivity index (χ0n) is 18.2. The van der Waals surface area contributed by atoms with Crippen LogP contribution in [0.5, 0.6) is 0 Å². The third-order valence-corrected chi connectivity index (χ3v) is 8.67. The second-order valence-corrected chi connectivity index (χ2v) is 11.3. The Hall–Kier alpha value is -3.34. The monoisotopic (exact) mass is 530 g/mol. The number of nitrogens with one attached hydrogen (secondary N) is 2. The summed E-state index contributed by atoms with van der Waals surface area (Å²) < 4.78 is 36.3. The molecule has 0 saturated heterocycles. The van der Waals surface area contributed by atoms with Crippen molar-refractivity contribution in [1.82, 2.24) is 5.32 Å². The zero-order valence-corrected chi connectivity index (χ0v) is 20.6. The Morgan fingerprint density at radius 1 is 1.03 bits per heavy atom. The van der Waals surface area contributed by atoms with Crippen LogP contribution in [0, 0.1) is 0 Å². The molecule has 0 fully saturated rings. The SMILES string of the molecule is O=C(Nc1sc2c(c1C(=O)NCc1ccco1)CCC2)c1ccc(S(=O)(=O)c2ccc(Cl)cc2)o1. The fourth-order valence-electron chi connectivity index (χ4n) is 3.88. The van der Waals surface area contributed by atoms with E-state index < -0.39 is 15.7 Å². The van der Waals surface area contributed by atoms with Gasteiger partial charge in [0, 0.05) is 9.90 Å². The molecule has 1 aromatic carbocycles. The van der Waals surface area contributed by atoms with Gasteiger partial charge in [0.25, 0.3) is 11.8 Å². The molecule has 35 heavy (non-hydrogen) atoms. The molecule has 11 heteroatoms. The zero-order chi connectivity index (χ0) is 24.6. The van der Waals surface area contributed by atoms with Crippen molar-refractivity contribution in [2.45, 2.75) is 35.8 Å². The number of benzene rings is 1. The molecule has 3 aromatic heterocycles. The highest BCUT2D eigenvalue weighted by molar-refractivity contribution is 7.91. The highest BCUT2D eigenvalue weighted by Crippen LogP contribution is 2.39. The predicted octanol–water partition coefficient (Wildman–Crippen LogP) is 5.09. The number of halogens is 1. The third kappa shape index (κ3) is 4.64. The first-order chi connectivity index (χ1) is 16.8. The normalized spacial score (nSPS) is 12.9. The fourth-order valence-corrected chi connectivity index (χ4v) is 6.46. The molecule has 1 aliphatic rings. The third-order valence-electron chi connectivity index (χ3n) is 5.57. The van der Waals surface area contributed by atoms with E-state index in [0.29, 0.717) is 21.3 Å². The number of amides is 2. The number of fused-ring (bicyclic) bond motifs is 1. The van der Waals surface area contributed by atoms with Gasteiger partial charge >= 0.3 is 0 Å². The van der Waals surface area contributed by atoms with Crippen molar-refractivity contribution >= 4 is 49.6 Å². The van der Waals surface area contributed by atoms with E-state index in [-0.39, 0.29) is 28.2 Å². The molecule has 4 aromatic rings. The lowest BCUT2D eigenvalue weighted by Crippen LogP contribution is -2.24. The summed E-state index contributed by atoms with van der Waals surface area (Å²) in [5.74, 6) is -0.544. The summed E-state index contributed by atoms with van der Waals surface area (Å²) in [4.78, 5) is 27.0. The number of rotatable bonds is 7. The molecule has 2 amide bonds. The lowest BCUT2D eigenvalue weighted by Gasteiger charge is -2.08. The Balaban J connectivity index is 1.36. The lowest BCUT2D eigenvalue weighted by atomic mass is 10.1. The van der Waals surface area contributed by atoms with Crippen LogP contribution in [0.4, 0.5) is 5.00 Å². The van der Waals surface area contributed by atoms with Crippen LogP contribution in [0.15, 0.2) is 73.6 Å². The summed E-state index contributed by atoms with van der Waals surface area (Å²) in [6.07, 6.45) is 4.05. The summed E-state index contributed by atoms with van der Waals surface area (Å²) in [7, 11) is -3.96. The van der Waals surface area contributed by atoms with Crippen LogP contribution in [0.2, 0.25) is 5.02 Å². The maximum Gasteiger partial charge on any atom is 0.292 e. The average Bonchev–Trinajstić information content (AvgIpc) is 3.62. The number of anilines is 1. The standard InChI is InChI=1S/C24H19ClN2O6S2/c25-14-6-8-16(9-7-14)35(30,31)20-11-10-18(33-20)22(28)27-24-21(17-4-1-5-19(17)34-24)23(29)26-13-15-3-2-12-32-15/h2-3,6-12H,1,4-5,13H2,(H,26,29)(H,27,28). The lowest BCUT2D eigenvalue weighted by molar-refractivity contribution is 0.0948. The first-order valence-electron chi connectivity index (χ1n) is 10.7. The first kappa shape index (κ1) is 23.4. The van der Waals surface area contributed by atoms with Gasteiger partial charge in [0.15, 0.2) is 5.76 Å². The van der Waals surface area contributed by atoms with Gasteiger partial charge in [-0.3, -0.25) is 9.59 Å². The Morgan fingerprint density at radius 3 is 2.57 bits per heavy atom. The van der Waals surface area contributed by atoms with Gasteiger partial charge in [0.1, 0.15) is 10.8 Å². The minimum atomic E-state index is -3.96. The maximum absolute atomic E-state index is 13.0. The second kappa shape index (κ2) is 9.37. The Morgan fingerprint density at radius 2 is 1.83 bits per heavy atom. The maximum atomic E-state index is 13.0. The summed E-state index contributed by atoms with van der Waals surface area (Å²) in [5.41, 5.74) is 1.34. The van der Waals surface area contributed by atoms with Crippen LogP contribution in [0.3, 0.4) is 0 Å². The summed E-state index contributed by atoms with van der Waals surface area (Å²) >= 11 is 7.18. The van der Waals surface area contributed by atoms with Gasteiger partial charge in [-0.05, 0) is 73.4 Å². The molecule has 1 aliphatic carbocycles. The molecule has 5 rings (SSSR count). The van der Waals surface area contributed by atoms with Crippen molar-refractivity contribution in [2.75, 3.05) is 5.32 Å². The number of sulfone groups is 1. The van der Waals surface area contributed by atoms with Crippen molar-refractivity contribution in [1.29, 1.82) is 0 Å². The van der Waals surface area contributed by atoms with E-state index in [0.717, 1.165) is 29.7 Å². The molecule has 0 saturated carbocycles. The van der Waals surface area contributed by atoms with Gasteiger partial charge in [0.2, 0.25) is 14.9 Å². The molecule has 0 aliphatic heterocycles. The van der Waals surface area contributed by atoms with Crippen LogP contribution >= 0.6 is 22.9 Å². The number of aryl methyl sites for hydroxylation is 1. The summed E-state index contributed by atoms with van der Waals surface area (Å²) in [5, 5.41) is 5.99. The number of thiophene rings is 1. The van der Waals surface area contributed by atoms with Crippen molar-refractivity contribution in [3.05, 3.63) is 87.3 Å². The summed E-state index contributed by atoms with van der Waals surface area (Å²) in [6, 6.07) is 11.6. The van der Waals surface area contributed by atoms with Crippen LogP contribution < -0.4 is 10.6 Å². The van der Waals surface area contributed by atoms with E-state index in [1.807, 2.05) is 0 Å². The van der Waals surface area contributed by atoms with Gasteiger partial charge in [-0.15, -0.1) is 11.3 Å². The number of hydrogen-bond donors (Lipinski definition) is 2. The minimum absolute atomic E-state index is 0.00611. The van der Waals surface area contributed by atoms with E-state index in [9.17, 15) is 18.0 Å². The van der Waals surface area contributed by atoms with Crippen LogP contribution in [0.25, 0.3) is 0 Å². The Kier molecular flexibility index (Phi) is 6.26. The molecule has 180 valence electrons. The molecule has 2 N–H and O–H groups in total. The van der Waals surface area contributed by atoms with E-state index in [1.54, 1.807) is 12.1 Å². The number of furan rings is 2. The van der Waals surface area contributed by atoms with Gasteiger partial charge in [0.05, 0.1) is 23.3 Å². The molecular formula is C24H19ClN2O6S2. The van der Waals surface area contributed by atoms with Crippen molar-refractivity contribution in [3.63, 3.8) is 0 Å². The highest BCUT2D eigenvalue weighted by atomic mass is 35.5. The molecular weight excluding hydrogens is 512 g/mol. The summed E-state index contributed by atoms with van der Waals surface area (Å²) in [6.45, 7) is 0.216. The molecule has 3 heterocycles. The Labute approximate surface area is 209 Å². The van der Waals surface area contributed by atoms with E-state index in [1.165, 1.54) is 54.0 Å². The smallest absolute Gasteiger partial charge is 0.292 e. The van der Waals surface area contributed by atoms with Gasteiger partial charge in [-0.1, -0.05) is 11.6 Å². The topological polar surface area (TPSA) is 119 Å². The number of hydrogen-bond acceptors (Lipinski definition) is 7. The number of carbonyl (C=O) groups is 2. The molecule has 0 radical (unpaired) electrons. The molecule has 0 bridgehead atoms. The molecule has 0 spiro atoms. The van der Waals surface area contributed by atoms with Crippen LogP contribution in [0.1, 0.15) is 43.5 Å². The predicted molar refractivity (Wildman–Crippen MR) is 130 cm³/mol. The van der Waals surface area contributed by atoms with E-state index >= 15 is 0 Å². The highest BCUT2D eigenvalue weighted by Gasteiger charge is 2.29. The first-order valence-corrected chi connectivity index (χ1v) is 13.4. The van der Waals surface area contributed by atoms with Crippen LogP contribution in [-0.4, -0.2) is 20.2 Å². The van der Waals surface area contributed by atoms with Crippen molar-refractivity contribution in [2.24, 2.45) is 0 Å². The Bertz CT molecular complexity index is 1500. The molecule has 0 atom stereocenters. The molecule has 8 nitrogen and oxygen atoms in total. The number of carbonyl (C=O) groups excluding carboxylic acids is 2. The van der Waals surface area contributed by atoms with Gasteiger partial charge < -0.3 is 19.5 Å². The van der Waals surface area contributed by atoms with E-state index in [4.69, 9.17) is 20.4 Å². The van der Waals surface area contributed by atoms with Crippen molar-refractivity contribution in [3.8, 4) is 0 Å². The van der Waals surface area contributed by atoms with Crippen LogP contribution in [-0.2, 0) is 29.2 Å². The van der Waals surface area contributed by atoms with Gasteiger partial charge in [-0.2, -0.15) is 0 Å². The van der Waals surface area contributed by atoms with Gasteiger partial charge in [-0.25, -0.2) is 8.42 Å². The quantitative estimate of drug-likeness (QED) is 0.343. The van der Waals surface area contributed by atoms with Crippen molar-refractivity contribution < 1.29 is 26.8 Å². The largest absolute Gasteiger partial charge is 0.467 e. The second-order valence-electron chi connectivity index (χ2n) is 7.85. The fraction of sp³-hybridized carbons (Fsp3) is 0.167.